The topological polar surface area (TPSA) is 84.2 Å². The van der Waals surface area contributed by atoms with Gasteiger partial charge in [0.25, 0.3) is 5.91 Å². The van der Waals surface area contributed by atoms with E-state index in [-0.39, 0.29) is 18.2 Å². The Bertz CT molecular complexity index is 444. The first-order valence-electron chi connectivity index (χ1n) is 5.95. The predicted octanol–water partition coefficient (Wildman–Crippen LogP) is 0.833. The summed E-state index contributed by atoms with van der Waals surface area (Å²) in [6.45, 7) is 4.63. The van der Waals surface area contributed by atoms with Gasteiger partial charge in [0, 0.05) is 30.8 Å². The molecular weight excluding hydrogens is 230 g/mol. The third-order valence-electron chi connectivity index (χ3n) is 2.54. The molecule has 0 aliphatic carbocycles. The quantitative estimate of drug-likeness (QED) is 0.676. The minimum Gasteiger partial charge on any atom is -0.399 e. The highest BCUT2D eigenvalue weighted by atomic mass is 16.2. The van der Waals surface area contributed by atoms with E-state index in [9.17, 15) is 9.59 Å². The molecule has 18 heavy (non-hydrogen) atoms. The third-order valence-corrected chi connectivity index (χ3v) is 2.54. The Morgan fingerprint density at radius 2 is 2.00 bits per heavy atom. The minimum atomic E-state index is -0.192. The van der Waals surface area contributed by atoms with Crippen molar-refractivity contribution in [3.05, 3.63) is 29.3 Å². The zero-order chi connectivity index (χ0) is 13.5. The maximum absolute atomic E-state index is 11.8. The molecule has 4 N–H and O–H groups in total. The van der Waals surface area contributed by atoms with Crippen molar-refractivity contribution in [3.63, 3.8) is 0 Å². The fraction of sp³-hybridized carbons (Fsp3) is 0.385. The molecule has 0 atom stereocenters. The molecule has 0 aliphatic rings. The molecule has 5 nitrogen and oxygen atoms in total. The average molecular weight is 249 g/mol. The molecular formula is C13H19N3O2. The van der Waals surface area contributed by atoms with Crippen LogP contribution in [-0.4, -0.2) is 24.9 Å². The standard InChI is InChI=1S/C13H19N3O2/c1-3-15-12(17)6-7-16-13(18)10-4-5-11(14)9(2)8-10/h4-5,8H,3,6-7,14H2,1-2H3,(H,15,17)(H,16,18). The molecule has 0 heterocycles. The summed E-state index contributed by atoms with van der Waals surface area (Å²) in [6.07, 6.45) is 0.285. The number of benzene rings is 1. The summed E-state index contributed by atoms with van der Waals surface area (Å²) in [6, 6.07) is 5.11. The summed E-state index contributed by atoms with van der Waals surface area (Å²) in [5, 5.41) is 5.36. The second kappa shape index (κ2) is 6.64. The van der Waals surface area contributed by atoms with Crippen LogP contribution in [0.3, 0.4) is 0 Å². The van der Waals surface area contributed by atoms with E-state index in [2.05, 4.69) is 10.6 Å². The highest BCUT2D eigenvalue weighted by Gasteiger charge is 2.07. The van der Waals surface area contributed by atoms with E-state index in [0.717, 1.165) is 5.56 Å². The van der Waals surface area contributed by atoms with Crippen LogP contribution in [0.2, 0.25) is 0 Å². The van der Waals surface area contributed by atoms with Crippen molar-refractivity contribution in [1.29, 1.82) is 0 Å². The number of anilines is 1. The van der Waals surface area contributed by atoms with Gasteiger partial charge in [-0.25, -0.2) is 0 Å². The Kier molecular flexibility index (Phi) is 5.17. The minimum absolute atomic E-state index is 0.0636. The largest absolute Gasteiger partial charge is 0.399 e. The lowest BCUT2D eigenvalue weighted by Crippen LogP contribution is -2.30. The molecule has 0 bridgehead atoms. The van der Waals surface area contributed by atoms with Gasteiger partial charge in [0.05, 0.1) is 0 Å². The third kappa shape index (κ3) is 4.08. The molecule has 1 aromatic carbocycles. The highest BCUT2D eigenvalue weighted by Crippen LogP contribution is 2.12. The Morgan fingerprint density at radius 1 is 1.28 bits per heavy atom. The maximum Gasteiger partial charge on any atom is 0.251 e. The Morgan fingerprint density at radius 3 is 2.61 bits per heavy atom. The van der Waals surface area contributed by atoms with Crippen molar-refractivity contribution >= 4 is 17.5 Å². The van der Waals surface area contributed by atoms with Crippen molar-refractivity contribution in [3.8, 4) is 0 Å². The average Bonchev–Trinajstić information content (AvgIpc) is 2.33. The van der Waals surface area contributed by atoms with E-state index in [1.807, 2.05) is 13.8 Å². The molecule has 0 unspecified atom stereocenters. The van der Waals surface area contributed by atoms with Crippen LogP contribution in [-0.2, 0) is 4.79 Å². The molecule has 0 saturated carbocycles. The Balaban J connectivity index is 2.45. The maximum atomic E-state index is 11.8. The van der Waals surface area contributed by atoms with Gasteiger partial charge in [-0.1, -0.05) is 0 Å². The predicted molar refractivity (Wildman–Crippen MR) is 71.2 cm³/mol. The van der Waals surface area contributed by atoms with Gasteiger partial charge >= 0.3 is 0 Å². The molecule has 0 aliphatic heterocycles. The lowest BCUT2D eigenvalue weighted by atomic mass is 10.1. The number of hydrogen-bond donors (Lipinski definition) is 3. The molecule has 2 amide bonds. The van der Waals surface area contributed by atoms with Crippen molar-refractivity contribution in [2.24, 2.45) is 0 Å². The first kappa shape index (κ1) is 14.0. The van der Waals surface area contributed by atoms with E-state index in [1.54, 1.807) is 18.2 Å². The van der Waals surface area contributed by atoms with Gasteiger partial charge in [0.2, 0.25) is 5.91 Å². The molecule has 1 rings (SSSR count). The van der Waals surface area contributed by atoms with E-state index in [4.69, 9.17) is 5.73 Å². The van der Waals surface area contributed by atoms with Crippen LogP contribution in [0.25, 0.3) is 0 Å². The SMILES string of the molecule is CCNC(=O)CCNC(=O)c1ccc(N)c(C)c1. The van der Waals surface area contributed by atoms with E-state index < -0.39 is 0 Å². The zero-order valence-electron chi connectivity index (χ0n) is 10.7. The van der Waals surface area contributed by atoms with Gasteiger partial charge in [-0.15, -0.1) is 0 Å². The van der Waals surface area contributed by atoms with Crippen LogP contribution in [0.1, 0.15) is 29.3 Å². The van der Waals surface area contributed by atoms with E-state index in [1.165, 1.54) is 0 Å². The number of amides is 2. The number of hydrogen-bond acceptors (Lipinski definition) is 3. The second-order valence-electron chi connectivity index (χ2n) is 4.03. The molecule has 5 heteroatoms. The van der Waals surface area contributed by atoms with Crippen molar-refractivity contribution in [1.82, 2.24) is 10.6 Å². The molecule has 1 aromatic rings. The number of carbonyl (C=O) groups excluding carboxylic acids is 2. The Labute approximate surface area is 107 Å². The van der Waals surface area contributed by atoms with Gasteiger partial charge in [-0.3, -0.25) is 9.59 Å². The monoisotopic (exact) mass is 249 g/mol. The fourth-order valence-electron chi connectivity index (χ4n) is 1.49. The van der Waals surface area contributed by atoms with Crippen LogP contribution < -0.4 is 16.4 Å². The summed E-state index contributed by atoms with van der Waals surface area (Å²) in [5.41, 5.74) is 7.76. The zero-order valence-corrected chi connectivity index (χ0v) is 10.7. The number of nitrogens with two attached hydrogens (primary N) is 1. The summed E-state index contributed by atoms with van der Waals surface area (Å²) in [5.74, 6) is -0.256. The molecule has 0 fully saturated rings. The molecule has 0 saturated heterocycles. The Hall–Kier alpha value is -2.04. The lowest BCUT2D eigenvalue weighted by molar-refractivity contribution is -0.120. The van der Waals surface area contributed by atoms with Crippen molar-refractivity contribution < 1.29 is 9.59 Å². The summed E-state index contributed by atoms with van der Waals surface area (Å²) in [4.78, 5) is 22.9. The van der Waals surface area contributed by atoms with Crippen LogP contribution in [0.15, 0.2) is 18.2 Å². The molecule has 0 spiro atoms. The van der Waals surface area contributed by atoms with Crippen molar-refractivity contribution in [2.75, 3.05) is 18.8 Å². The normalized spacial score (nSPS) is 9.89. The summed E-state index contributed by atoms with van der Waals surface area (Å²) in [7, 11) is 0. The fourth-order valence-corrected chi connectivity index (χ4v) is 1.49. The van der Waals surface area contributed by atoms with Gasteiger partial charge < -0.3 is 16.4 Å². The number of nitrogens with one attached hydrogen (secondary N) is 2. The van der Waals surface area contributed by atoms with Crippen LogP contribution in [0.5, 0.6) is 0 Å². The van der Waals surface area contributed by atoms with Gasteiger partial charge in [-0.05, 0) is 37.6 Å². The molecule has 0 aromatic heterocycles. The number of aryl methyl sites for hydroxylation is 1. The second-order valence-corrected chi connectivity index (χ2v) is 4.03. The van der Waals surface area contributed by atoms with E-state index in [0.29, 0.717) is 24.3 Å². The summed E-state index contributed by atoms with van der Waals surface area (Å²) >= 11 is 0. The van der Waals surface area contributed by atoms with E-state index >= 15 is 0 Å². The van der Waals surface area contributed by atoms with Crippen molar-refractivity contribution in [2.45, 2.75) is 20.3 Å². The van der Waals surface area contributed by atoms with Gasteiger partial charge in [-0.2, -0.15) is 0 Å². The molecule has 98 valence electrons. The van der Waals surface area contributed by atoms with Gasteiger partial charge in [0.1, 0.15) is 0 Å². The smallest absolute Gasteiger partial charge is 0.251 e. The number of carbonyl (C=O) groups is 2. The first-order valence-corrected chi connectivity index (χ1v) is 5.95. The number of nitrogen functional groups attached to an aromatic ring is 1. The molecule has 0 radical (unpaired) electrons. The van der Waals surface area contributed by atoms with Gasteiger partial charge in [0.15, 0.2) is 0 Å². The highest BCUT2D eigenvalue weighted by molar-refractivity contribution is 5.95. The summed E-state index contributed by atoms with van der Waals surface area (Å²) < 4.78 is 0. The first-order chi connectivity index (χ1) is 8.54. The van der Waals surface area contributed by atoms with Crippen LogP contribution in [0, 0.1) is 6.92 Å². The number of rotatable bonds is 5. The van der Waals surface area contributed by atoms with Crippen LogP contribution >= 0.6 is 0 Å². The lowest BCUT2D eigenvalue weighted by Gasteiger charge is -2.07. The van der Waals surface area contributed by atoms with Crippen LogP contribution in [0.4, 0.5) is 5.69 Å².